The molecule has 0 saturated heterocycles. The maximum Gasteiger partial charge on any atom is 0.276 e. The molecule has 0 atom stereocenters. The van der Waals surface area contributed by atoms with Crippen LogP contribution in [0, 0.1) is 6.92 Å². The standard InChI is InChI=1S/C16H18N2O2S/c1-3-14-6-8-15(9-7-14)12-17-18-21(19,20)16-10-4-13(2)5-11-16/h4-12,18H,3H2,1-2H3/b17-12-. The lowest BCUT2D eigenvalue weighted by Gasteiger charge is -2.03. The second kappa shape index (κ2) is 6.54. The van der Waals surface area contributed by atoms with E-state index in [0.29, 0.717) is 0 Å². The van der Waals surface area contributed by atoms with Gasteiger partial charge in [0, 0.05) is 0 Å². The van der Waals surface area contributed by atoms with Gasteiger partial charge in [0.1, 0.15) is 0 Å². The first kappa shape index (κ1) is 15.3. The first-order chi connectivity index (χ1) is 10.0. The summed E-state index contributed by atoms with van der Waals surface area (Å²) in [7, 11) is -3.61. The van der Waals surface area contributed by atoms with E-state index in [4.69, 9.17) is 0 Å². The average molecular weight is 302 g/mol. The molecule has 2 aromatic rings. The van der Waals surface area contributed by atoms with Crippen molar-refractivity contribution >= 4 is 16.2 Å². The fourth-order valence-corrected chi connectivity index (χ4v) is 2.57. The molecule has 0 fully saturated rings. The van der Waals surface area contributed by atoms with Crippen molar-refractivity contribution in [3.63, 3.8) is 0 Å². The molecule has 0 amide bonds. The van der Waals surface area contributed by atoms with Gasteiger partial charge in [0.2, 0.25) is 0 Å². The number of hydrogen-bond donors (Lipinski definition) is 1. The highest BCUT2D eigenvalue weighted by atomic mass is 32.2. The number of hydrogen-bond acceptors (Lipinski definition) is 3. The number of aryl methyl sites for hydroxylation is 2. The molecule has 0 aliphatic heterocycles. The first-order valence-electron chi connectivity index (χ1n) is 6.72. The largest absolute Gasteiger partial charge is 0.276 e. The number of benzene rings is 2. The number of sulfonamides is 1. The highest BCUT2D eigenvalue weighted by Gasteiger charge is 2.11. The minimum absolute atomic E-state index is 0.201. The fourth-order valence-electron chi connectivity index (χ4n) is 1.78. The third-order valence-electron chi connectivity index (χ3n) is 3.11. The Balaban J connectivity index is 2.06. The van der Waals surface area contributed by atoms with Gasteiger partial charge in [0.15, 0.2) is 0 Å². The highest BCUT2D eigenvalue weighted by Crippen LogP contribution is 2.09. The molecule has 0 unspecified atom stereocenters. The van der Waals surface area contributed by atoms with Crippen molar-refractivity contribution in [2.24, 2.45) is 5.10 Å². The van der Waals surface area contributed by atoms with Gasteiger partial charge in [-0.2, -0.15) is 13.5 Å². The van der Waals surface area contributed by atoms with E-state index in [1.165, 1.54) is 11.8 Å². The summed E-state index contributed by atoms with van der Waals surface area (Å²) in [6, 6.07) is 14.4. The molecule has 0 aromatic heterocycles. The molecule has 5 heteroatoms. The van der Waals surface area contributed by atoms with Crippen LogP contribution in [-0.2, 0) is 16.4 Å². The summed E-state index contributed by atoms with van der Waals surface area (Å²) in [5.41, 5.74) is 3.08. The van der Waals surface area contributed by atoms with Crippen molar-refractivity contribution in [3.05, 3.63) is 65.2 Å². The SMILES string of the molecule is CCc1ccc(/C=N\NS(=O)(=O)c2ccc(C)cc2)cc1. The number of nitrogens with one attached hydrogen (secondary N) is 1. The smallest absolute Gasteiger partial charge is 0.200 e. The topological polar surface area (TPSA) is 58.5 Å². The van der Waals surface area contributed by atoms with Crippen LogP contribution in [0.15, 0.2) is 58.5 Å². The van der Waals surface area contributed by atoms with Gasteiger partial charge < -0.3 is 0 Å². The van der Waals surface area contributed by atoms with Gasteiger partial charge in [-0.05, 0) is 36.6 Å². The molecule has 1 N–H and O–H groups in total. The summed E-state index contributed by atoms with van der Waals surface area (Å²) in [6.07, 6.45) is 2.46. The molecular weight excluding hydrogens is 284 g/mol. The average Bonchev–Trinajstić information content (AvgIpc) is 2.48. The van der Waals surface area contributed by atoms with Crippen molar-refractivity contribution in [1.82, 2.24) is 4.83 Å². The predicted octanol–water partition coefficient (Wildman–Crippen LogP) is 2.87. The Morgan fingerprint density at radius 2 is 1.67 bits per heavy atom. The fraction of sp³-hybridized carbons (Fsp3) is 0.188. The zero-order valence-corrected chi connectivity index (χ0v) is 12.9. The lowest BCUT2D eigenvalue weighted by atomic mass is 10.1. The Morgan fingerprint density at radius 1 is 1.05 bits per heavy atom. The van der Waals surface area contributed by atoms with Crippen LogP contribution in [0.2, 0.25) is 0 Å². The van der Waals surface area contributed by atoms with E-state index in [2.05, 4.69) is 16.9 Å². The molecule has 110 valence electrons. The number of nitrogens with zero attached hydrogens (tertiary/aromatic N) is 1. The van der Waals surface area contributed by atoms with Crippen LogP contribution >= 0.6 is 0 Å². The van der Waals surface area contributed by atoms with Crippen LogP contribution in [0.4, 0.5) is 0 Å². The molecule has 2 rings (SSSR count). The van der Waals surface area contributed by atoms with Crippen LogP contribution in [0.3, 0.4) is 0 Å². The summed E-state index contributed by atoms with van der Waals surface area (Å²) in [5, 5.41) is 3.80. The van der Waals surface area contributed by atoms with Gasteiger partial charge in [0.25, 0.3) is 10.0 Å². The van der Waals surface area contributed by atoms with Gasteiger partial charge in [-0.15, -0.1) is 0 Å². The molecule has 2 aromatic carbocycles. The zero-order chi connectivity index (χ0) is 15.3. The van der Waals surface area contributed by atoms with Gasteiger partial charge in [0.05, 0.1) is 11.1 Å². The maximum atomic E-state index is 12.0. The third-order valence-corrected chi connectivity index (χ3v) is 4.34. The highest BCUT2D eigenvalue weighted by molar-refractivity contribution is 7.89. The number of hydrazone groups is 1. The van der Waals surface area contributed by atoms with Crippen LogP contribution in [-0.4, -0.2) is 14.6 Å². The van der Waals surface area contributed by atoms with E-state index in [-0.39, 0.29) is 4.90 Å². The van der Waals surface area contributed by atoms with E-state index >= 15 is 0 Å². The summed E-state index contributed by atoms with van der Waals surface area (Å²) < 4.78 is 24.0. The molecule has 21 heavy (non-hydrogen) atoms. The minimum Gasteiger partial charge on any atom is -0.200 e. The van der Waals surface area contributed by atoms with Crippen molar-refractivity contribution < 1.29 is 8.42 Å². The Kier molecular flexibility index (Phi) is 4.75. The zero-order valence-electron chi connectivity index (χ0n) is 12.1. The molecule has 0 spiro atoms. The van der Waals surface area contributed by atoms with E-state index < -0.39 is 10.0 Å². The lowest BCUT2D eigenvalue weighted by molar-refractivity contribution is 0.584. The normalized spacial score (nSPS) is 11.7. The van der Waals surface area contributed by atoms with Crippen LogP contribution in [0.1, 0.15) is 23.6 Å². The summed E-state index contributed by atoms with van der Waals surface area (Å²) in [5.74, 6) is 0. The predicted molar refractivity (Wildman–Crippen MR) is 84.9 cm³/mol. The number of rotatable bonds is 5. The molecule has 0 heterocycles. The summed E-state index contributed by atoms with van der Waals surface area (Å²) >= 11 is 0. The van der Waals surface area contributed by atoms with Crippen LogP contribution < -0.4 is 4.83 Å². The summed E-state index contributed by atoms with van der Waals surface area (Å²) in [4.78, 5) is 2.41. The second-order valence-corrected chi connectivity index (χ2v) is 6.42. The van der Waals surface area contributed by atoms with Crippen LogP contribution in [0.5, 0.6) is 0 Å². The van der Waals surface area contributed by atoms with Gasteiger partial charge in [-0.3, -0.25) is 0 Å². The Bertz CT molecular complexity index is 718. The van der Waals surface area contributed by atoms with Crippen molar-refractivity contribution in [2.75, 3.05) is 0 Å². The van der Waals surface area contributed by atoms with E-state index in [1.54, 1.807) is 24.3 Å². The van der Waals surface area contributed by atoms with E-state index in [1.807, 2.05) is 31.2 Å². The van der Waals surface area contributed by atoms with Gasteiger partial charge in [-0.1, -0.05) is 48.9 Å². The van der Waals surface area contributed by atoms with Crippen LogP contribution in [0.25, 0.3) is 0 Å². The van der Waals surface area contributed by atoms with Gasteiger partial charge in [-0.25, -0.2) is 4.83 Å². The molecule has 0 radical (unpaired) electrons. The van der Waals surface area contributed by atoms with Crippen molar-refractivity contribution in [2.45, 2.75) is 25.2 Å². The molecule has 0 aliphatic rings. The third kappa shape index (κ3) is 4.16. The Morgan fingerprint density at radius 3 is 2.24 bits per heavy atom. The van der Waals surface area contributed by atoms with E-state index in [0.717, 1.165) is 17.5 Å². The second-order valence-electron chi connectivity index (χ2n) is 4.76. The maximum absolute atomic E-state index is 12.0. The van der Waals surface area contributed by atoms with Crippen molar-refractivity contribution in [1.29, 1.82) is 0 Å². The molecule has 0 aliphatic carbocycles. The minimum atomic E-state index is -3.61. The quantitative estimate of drug-likeness (QED) is 0.682. The first-order valence-corrected chi connectivity index (χ1v) is 8.20. The van der Waals surface area contributed by atoms with E-state index in [9.17, 15) is 8.42 Å². The Labute approximate surface area is 125 Å². The lowest BCUT2D eigenvalue weighted by Crippen LogP contribution is -2.18. The molecule has 0 bridgehead atoms. The van der Waals surface area contributed by atoms with Gasteiger partial charge >= 0.3 is 0 Å². The summed E-state index contributed by atoms with van der Waals surface area (Å²) in [6.45, 7) is 3.99. The molecule has 4 nitrogen and oxygen atoms in total. The van der Waals surface area contributed by atoms with Crippen molar-refractivity contribution in [3.8, 4) is 0 Å². The molecular formula is C16H18N2O2S. The molecule has 0 saturated carbocycles. The monoisotopic (exact) mass is 302 g/mol. The Hall–Kier alpha value is -2.14.